The van der Waals surface area contributed by atoms with E-state index in [-0.39, 0.29) is 18.3 Å². The number of fused-ring (bicyclic) bond motifs is 2. The van der Waals surface area contributed by atoms with Crippen molar-refractivity contribution in [3.8, 4) is 0 Å². The van der Waals surface area contributed by atoms with Gasteiger partial charge in [0, 0.05) is 30.1 Å². The van der Waals surface area contributed by atoms with E-state index >= 15 is 0 Å². The van der Waals surface area contributed by atoms with Crippen LogP contribution in [0.5, 0.6) is 0 Å². The highest BCUT2D eigenvalue weighted by molar-refractivity contribution is 8.00. The van der Waals surface area contributed by atoms with E-state index in [1.54, 1.807) is 0 Å². The minimum absolute atomic E-state index is 0. The molecule has 22 heavy (non-hydrogen) atoms. The third-order valence-corrected chi connectivity index (χ3v) is 6.08. The number of hydrogen-bond acceptors (Lipinski definition) is 3. The van der Waals surface area contributed by atoms with Crippen molar-refractivity contribution in [1.29, 1.82) is 0 Å². The monoisotopic (exact) mass is 360 g/mol. The van der Waals surface area contributed by atoms with E-state index < -0.39 is 0 Å². The summed E-state index contributed by atoms with van der Waals surface area (Å²) in [6.07, 6.45) is 4.71. The van der Waals surface area contributed by atoms with Gasteiger partial charge in [0.2, 0.25) is 5.91 Å². The van der Waals surface area contributed by atoms with Crippen molar-refractivity contribution in [3.63, 3.8) is 0 Å². The van der Waals surface area contributed by atoms with Gasteiger partial charge in [0.25, 0.3) is 0 Å². The van der Waals surface area contributed by atoms with Gasteiger partial charge in [0.05, 0.1) is 10.8 Å². The lowest BCUT2D eigenvalue weighted by atomic mass is 9.98. The smallest absolute Gasteiger partial charge is 0.232 e. The fourth-order valence-electron chi connectivity index (χ4n) is 3.35. The van der Waals surface area contributed by atoms with Crippen molar-refractivity contribution >= 4 is 41.7 Å². The molecule has 1 aromatic carbocycles. The first kappa shape index (κ1) is 17.9. The topological polar surface area (TPSA) is 32.3 Å². The van der Waals surface area contributed by atoms with Crippen LogP contribution in [0.1, 0.15) is 25.7 Å². The Hall–Kier alpha value is -0.420. The molecule has 0 radical (unpaired) electrons. The first-order valence-electron chi connectivity index (χ1n) is 7.52. The number of nitrogens with zero attached hydrogens (tertiary/aromatic N) is 1. The zero-order valence-corrected chi connectivity index (χ0v) is 15.0. The maximum atomic E-state index is 12.4. The summed E-state index contributed by atoms with van der Waals surface area (Å²) >= 11 is 7.65. The van der Waals surface area contributed by atoms with Crippen LogP contribution >= 0.6 is 35.8 Å². The lowest BCUT2D eigenvalue weighted by molar-refractivity contribution is -0.129. The molecule has 3 rings (SSSR count). The second kappa shape index (κ2) is 7.91. The SMILES string of the molecule is CN(C(=O)CSc1ccccc1Cl)C1CC2CCC(C1)N2.Cl. The highest BCUT2D eigenvalue weighted by Gasteiger charge is 2.36. The average molecular weight is 361 g/mol. The molecule has 2 fully saturated rings. The number of benzene rings is 1. The maximum absolute atomic E-state index is 12.4. The second-order valence-electron chi connectivity index (χ2n) is 5.99. The van der Waals surface area contributed by atoms with Gasteiger partial charge in [-0.2, -0.15) is 0 Å². The first-order chi connectivity index (χ1) is 10.1. The fourth-order valence-corrected chi connectivity index (χ4v) is 4.51. The van der Waals surface area contributed by atoms with Crippen LogP contribution in [0.2, 0.25) is 5.02 Å². The Morgan fingerprint density at radius 1 is 1.32 bits per heavy atom. The van der Waals surface area contributed by atoms with Crippen LogP contribution in [0.25, 0.3) is 0 Å². The molecule has 2 bridgehead atoms. The number of carbonyl (C=O) groups is 1. The van der Waals surface area contributed by atoms with Gasteiger partial charge >= 0.3 is 0 Å². The molecule has 0 aliphatic carbocycles. The van der Waals surface area contributed by atoms with Crippen molar-refractivity contribution in [2.75, 3.05) is 12.8 Å². The van der Waals surface area contributed by atoms with Crippen molar-refractivity contribution in [3.05, 3.63) is 29.3 Å². The van der Waals surface area contributed by atoms with Gasteiger partial charge in [-0.05, 0) is 37.8 Å². The number of rotatable bonds is 4. The molecule has 1 amide bonds. The van der Waals surface area contributed by atoms with Crippen LogP contribution in [-0.4, -0.2) is 41.7 Å². The Balaban J connectivity index is 0.00000176. The van der Waals surface area contributed by atoms with Gasteiger partial charge in [0.15, 0.2) is 0 Å². The molecule has 122 valence electrons. The van der Waals surface area contributed by atoms with E-state index in [1.807, 2.05) is 36.2 Å². The molecule has 0 aromatic heterocycles. The Labute approximate surface area is 147 Å². The Kier molecular flexibility index (Phi) is 6.45. The zero-order valence-electron chi connectivity index (χ0n) is 12.6. The second-order valence-corrected chi connectivity index (χ2v) is 7.41. The van der Waals surface area contributed by atoms with Gasteiger partial charge in [-0.15, -0.1) is 24.2 Å². The van der Waals surface area contributed by atoms with Crippen LogP contribution in [-0.2, 0) is 4.79 Å². The molecule has 2 unspecified atom stereocenters. The molecule has 2 heterocycles. The molecule has 2 aliphatic heterocycles. The van der Waals surface area contributed by atoms with Crippen molar-refractivity contribution in [2.45, 2.75) is 48.7 Å². The number of hydrogen-bond donors (Lipinski definition) is 1. The average Bonchev–Trinajstić information content (AvgIpc) is 2.83. The molecule has 0 spiro atoms. The van der Waals surface area contributed by atoms with Crippen LogP contribution in [0.3, 0.4) is 0 Å². The minimum Gasteiger partial charge on any atom is -0.342 e. The van der Waals surface area contributed by atoms with Gasteiger partial charge < -0.3 is 10.2 Å². The normalized spacial score (nSPS) is 26.4. The molecule has 2 atom stereocenters. The molecule has 6 heteroatoms. The summed E-state index contributed by atoms with van der Waals surface area (Å²) in [5.74, 6) is 0.658. The number of piperidine rings is 1. The van der Waals surface area contributed by atoms with Gasteiger partial charge in [-0.1, -0.05) is 23.7 Å². The third-order valence-electron chi connectivity index (χ3n) is 4.58. The summed E-state index contributed by atoms with van der Waals surface area (Å²) in [7, 11) is 1.95. The van der Waals surface area contributed by atoms with Crippen LogP contribution in [0.4, 0.5) is 0 Å². The van der Waals surface area contributed by atoms with Crippen LogP contribution in [0.15, 0.2) is 29.2 Å². The van der Waals surface area contributed by atoms with E-state index in [2.05, 4.69) is 5.32 Å². The lowest BCUT2D eigenvalue weighted by Crippen LogP contribution is -2.49. The highest BCUT2D eigenvalue weighted by atomic mass is 35.5. The predicted octanol–water partition coefficient (Wildman–Crippen LogP) is 3.60. The molecule has 0 saturated carbocycles. The van der Waals surface area contributed by atoms with Gasteiger partial charge in [-0.3, -0.25) is 4.79 Å². The molecule has 2 saturated heterocycles. The summed E-state index contributed by atoms with van der Waals surface area (Å²) in [5, 5.41) is 4.34. The van der Waals surface area contributed by atoms with E-state index in [4.69, 9.17) is 11.6 Å². The summed E-state index contributed by atoms with van der Waals surface area (Å²) < 4.78 is 0. The summed E-state index contributed by atoms with van der Waals surface area (Å²) in [4.78, 5) is 15.3. The highest BCUT2D eigenvalue weighted by Crippen LogP contribution is 2.30. The fraction of sp³-hybridized carbons (Fsp3) is 0.562. The zero-order chi connectivity index (χ0) is 14.8. The first-order valence-corrected chi connectivity index (χ1v) is 8.89. The molecule has 1 N–H and O–H groups in total. The third kappa shape index (κ3) is 4.10. The van der Waals surface area contributed by atoms with E-state index in [9.17, 15) is 4.79 Å². The molecule has 1 aromatic rings. The lowest BCUT2D eigenvalue weighted by Gasteiger charge is -2.35. The number of nitrogens with one attached hydrogen (secondary N) is 1. The summed E-state index contributed by atoms with van der Waals surface area (Å²) in [5.41, 5.74) is 0. The maximum Gasteiger partial charge on any atom is 0.232 e. The Bertz CT molecular complexity index is 517. The van der Waals surface area contributed by atoms with E-state index in [1.165, 1.54) is 24.6 Å². The summed E-state index contributed by atoms with van der Waals surface area (Å²) in [6, 6.07) is 9.30. The summed E-state index contributed by atoms with van der Waals surface area (Å²) in [6.45, 7) is 0. The largest absolute Gasteiger partial charge is 0.342 e. The van der Waals surface area contributed by atoms with Gasteiger partial charge in [0.1, 0.15) is 0 Å². The standard InChI is InChI=1S/C16H21ClN2OS.ClH/c1-19(13-8-11-6-7-12(9-13)18-11)16(20)10-21-15-5-3-2-4-14(15)17;/h2-5,11-13,18H,6-10H2,1H3;1H. The van der Waals surface area contributed by atoms with Crippen molar-refractivity contribution in [1.82, 2.24) is 10.2 Å². The van der Waals surface area contributed by atoms with E-state index in [0.717, 1.165) is 22.8 Å². The van der Waals surface area contributed by atoms with Crippen LogP contribution in [0, 0.1) is 0 Å². The number of thioether (sulfide) groups is 1. The predicted molar refractivity (Wildman–Crippen MR) is 95.2 cm³/mol. The minimum atomic E-state index is 0. The number of carbonyl (C=O) groups excluding carboxylic acids is 1. The van der Waals surface area contributed by atoms with E-state index in [0.29, 0.717) is 23.9 Å². The van der Waals surface area contributed by atoms with Crippen molar-refractivity contribution in [2.24, 2.45) is 0 Å². The van der Waals surface area contributed by atoms with Crippen molar-refractivity contribution < 1.29 is 4.79 Å². The molecule has 3 nitrogen and oxygen atoms in total. The number of amides is 1. The molecule has 2 aliphatic rings. The Morgan fingerprint density at radius 3 is 2.59 bits per heavy atom. The van der Waals surface area contributed by atoms with Gasteiger partial charge in [-0.25, -0.2) is 0 Å². The number of halogens is 2. The Morgan fingerprint density at radius 2 is 1.95 bits per heavy atom. The van der Waals surface area contributed by atoms with Crippen LogP contribution < -0.4 is 5.32 Å². The molecular weight excluding hydrogens is 339 g/mol. The quantitative estimate of drug-likeness (QED) is 0.832. The molecular formula is C16H22Cl2N2OS.